The van der Waals surface area contributed by atoms with Crippen molar-refractivity contribution in [3.63, 3.8) is 0 Å². The van der Waals surface area contributed by atoms with Crippen LogP contribution in [0.5, 0.6) is 0 Å². The van der Waals surface area contributed by atoms with Gasteiger partial charge in [0, 0.05) is 25.7 Å². The minimum Gasteiger partial charge on any atom is -0.342 e. The van der Waals surface area contributed by atoms with Gasteiger partial charge in [-0.2, -0.15) is 0 Å². The largest absolute Gasteiger partial charge is 0.342 e. The lowest BCUT2D eigenvalue weighted by atomic mass is 10.0. The summed E-state index contributed by atoms with van der Waals surface area (Å²) in [6.07, 6.45) is 2.64. The van der Waals surface area contributed by atoms with Gasteiger partial charge < -0.3 is 4.90 Å². The van der Waals surface area contributed by atoms with E-state index in [1.807, 2.05) is 35.2 Å². The second-order valence-electron chi connectivity index (χ2n) is 6.68. The number of carbonyl (C=O) groups excluding carboxylic acids is 1. The summed E-state index contributed by atoms with van der Waals surface area (Å²) in [5.41, 5.74) is 2.45. The lowest BCUT2D eigenvalue weighted by molar-refractivity contribution is -0.132. The Morgan fingerprint density at radius 3 is 2.08 bits per heavy atom. The van der Waals surface area contributed by atoms with E-state index in [4.69, 9.17) is 0 Å². The number of nitrogens with zero attached hydrogens (tertiary/aromatic N) is 2. The maximum Gasteiger partial charge on any atom is 0.226 e. The van der Waals surface area contributed by atoms with Crippen LogP contribution in [-0.2, 0) is 17.8 Å². The Kier molecular flexibility index (Phi) is 5.65. The standard InChI is InChI=1S/C21H26N2O/c1-22(17-19-10-6-3-7-11-19)20-12-14-23(15-13-20)21(24)16-18-8-4-2-5-9-18/h2-11,20H,12-17H2,1H3. The third-order valence-electron chi connectivity index (χ3n) is 4.91. The van der Waals surface area contributed by atoms with Gasteiger partial charge in [-0.1, -0.05) is 60.7 Å². The molecule has 1 heterocycles. The molecule has 0 unspecified atom stereocenters. The van der Waals surface area contributed by atoms with Gasteiger partial charge in [0.1, 0.15) is 0 Å². The molecule has 1 saturated heterocycles. The predicted molar refractivity (Wildman–Crippen MR) is 97.7 cm³/mol. The second kappa shape index (κ2) is 8.11. The number of benzene rings is 2. The van der Waals surface area contributed by atoms with Crippen LogP contribution in [0.25, 0.3) is 0 Å². The fourth-order valence-electron chi connectivity index (χ4n) is 3.44. The Morgan fingerprint density at radius 2 is 1.50 bits per heavy atom. The molecule has 0 bridgehead atoms. The fraction of sp³-hybridized carbons (Fsp3) is 0.381. The molecule has 0 spiro atoms. The number of rotatable bonds is 5. The predicted octanol–water partition coefficient (Wildman–Crippen LogP) is 3.35. The van der Waals surface area contributed by atoms with Crippen molar-refractivity contribution >= 4 is 5.91 Å². The minimum atomic E-state index is 0.255. The lowest BCUT2D eigenvalue weighted by Gasteiger charge is -2.37. The van der Waals surface area contributed by atoms with Gasteiger partial charge in [-0.3, -0.25) is 9.69 Å². The number of piperidine rings is 1. The van der Waals surface area contributed by atoms with Crippen molar-refractivity contribution in [3.8, 4) is 0 Å². The van der Waals surface area contributed by atoms with E-state index in [-0.39, 0.29) is 5.91 Å². The van der Waals surface area contributed by atoms with E-state index >= 15 is 0 Å². The highest BCUT2D eigenvalue weighted by Gasteiger charge is 2.25. The van der Waals surface area contributed by atoms with Crippen molar-refractivity contribution in [3.05, 3.63) is 71.8 Å². The lowest BCUT2D eigenvalue weighted by Crippen LogP contribution is -2.45. The zero-order valence-electron chi connectivity index (χ0n) is 14.4. The summed E-state index contributed by atoms with van der Waals surface area (Å²) in [5, 5.41) is 0. The van der Waals surface area contributed by atoms with Gasteiger partial charge in [-0.05, 0) is 31.0 Å². The topological polar surface area (TPSA) is 23.6 Å². The molecule has 3 rings (SSSR count). The smallest absolute Gasteiger partial charge is 0.226 e. The molecule has 1 amide bonds. The number of amides is 1. The van der Waals surface area contributed by atoms with Crippen molar-refractivity contribution in [1.82, 2.24) is 9.80 Å². The summed E-state index contributed by atoms with van der Waals surface area (Å²) in [6, 6.07) is 21.2. The molecule has 3 heteroatoms. The highest BCUT2D eigenvalue weighted by Crippen LogP contribution is 2.18. The summed E-state index contributed by atoms with van der Waals surface area (Å²) < 4.78 is 0. The van der Waals surface area contributed by atoms with Crippen molar-refractivity contribution in [2.45, 2.75) is 31.8 Å². The van der Waals surface area contributed by atoms with Crippen molar-refractivity contribution in [2.75, 3.05) is 20.1 Å². The monoisotopic (exact) mass is 322 g/mol. The first-order valence-corrected chi connectivity index (χ1v) is 8.78. The van der Waals surface area contributed by atoms with E-state index in [0.717, 1.165) is 38.0 Å². The van der Waals surface area contributed by atoms with Gasteiger partial charge in [0.2, 0.25) is 5.91 Å². The SMILES string of the molecule is CN(Cc1ccccc1)C1CCN(C(=O)Cc2ccccc2)CC1. The fourth-order valence-corrected chi connectivity index (χ4v) is 3.44. The van der Waals surface area contributed by atoms with Crippen LogP contribution in [0, 0.1) is 0 Å². The van der Waals surface area contributed by atoms with E-state index in [0.29, 0.717) is 12.5 Å². The molecule has 24 heavy (non-hydrogen) atoms. The van der Waals surface area contributed by atoms with Gasteiger partial charge in [0.15, 0.2) is 0 Å². The maximum absolute atomic E-state index is 12.4. The molecule has 2 aromatic rings. The zero-order chi connectivity index (χ0) is 16.8. The molecular formula is C21H26N2O. The highest BCUT2D eigenvalue weighted by atomic mass is 16.2. The average molecular weight is 322 g/mol. The van der Waals surface area contributed by atoms with E-state index in [2.05, 4.69) is 42.3 Å². The minimum absolute atomic E-state index is 0.255. The molecule has 1 aliphatic heterocycles. The van der Waals surface area contributed by atoms with Crippen LogP contribution in [0.2, 0.25) is 0 Å². The quantitative estimate of drug-likeness (QED) is 0.843. The Bertz CT molecular complexity index is 633. The molecule has 126 valence electrons. The molecule has 0 radical (unpaired) electrons. The van der Waals surface area contributed by atoms with Crippen molar-refractivity contribution < 1.29 is 4.79 Å². The molecule has 2 aromatic carbocycles. The molecule has 0 N–H and O–H groups in total. The number of carbonyl (C=O) groups is 1. The Hall–Kier alpha value is -2.13. The van der Waals surface area contributed by atoms with Gasteiger partial charge >= 0.3 is 0 Å². The van der Waals surface area contributed by atoms with Gasteiger partial charge in [0.05, 0.1) is 6.42 Å². The van der Waals surface area contributed by atoms with Gasteiger partial charge in [-0.25, -0.2) is 0 Å². The van der Waals surface area contributed by atoms with E-state index in [9.17, 15) is 4.79 Å². The Labute approximate surface area is 144 Å². The summed E-state index contributed by atoms with van der Waals surface area (Å²) in [6.45, 7) is 2.72. The highest BCUT2D eigenvalue weighted by molar-refractivity contribution is 5.78. The number of hydrogen-bond acceptors (Lipinski definition) is 2. The summed E-state index contributed by atoms with van der Waals surface area (Å²) in [5.74, 6) is 0.255. The van der Waals surface area contributed by atoms with E-state index < -0.39 is 0 Å². The van der Waals surface area contributed by atoms with Crippen LogP contribution in [0.4, 0.5) is 0 Å². The molecule has 1 aliphatic rings. The van der Waals surface area contributed by atoms with Crippen LogP contribution >= 0.6 is 0 Å². The molecular weight excluding hydrogens is 296 g/mol. The third-order valence-corrected chi connectivity index (χ3v) is 4.91. The number of hydrogen-bond donors (Lipinski definition) is 0. The van der Waals surface area contributed by atoms with Crippen LogP contribution in [0.3, 0.4) is 0 Å². The van der Waals surface area contributed by atoms with Gasteiger partial charge in [-0.15, -0.1) is 0 Å². The first-order chi connectivity index (χ1) is 11.7. The Balaban J connectivity index is 1.47. The molecule has 1 fully saturated rings. The van der Waals surface area contributed by atoms with Gasteiger partial charge in [0.25, 0.3) is 0 Å². The van der Waals surface area contributed by atoms with Crippen molar-refractivity contribution in [2.24, 2.45) is 0 Å². The zero-order valence-corrected chi connectivity index (χ0v) is 14.4. The molecule has 0 aliphatic carbocycles. The van der Waals surface area contributed by atoms with Crippen LogP contribution in [-0.4, -0.2) is 41.9 Å². The second-order valence-corrected chi connectivity index (χ2v) is 6.68. The number of likely N-dealkylation sites (tertiary alicyclic amines) is 1. The van der Waals surface area contributed by atoms with Crippen LogP contribution in [0.1, 0.15) is 24.0 Å². The average Bonchev–Trinajstić information content (AvgIpc) is 2.63. The normalized spacial score (nSPS) is 15.7. The molecule has 0 aromatic heterocycles. The van der Waals surface area contributed by atoms with Crippen LogP contribution in [0.15, 0.2) is 60.7 Å². The van der Waals surface area contributed by atoms with E-state index in [1.54, 1.807) is 0 Å². The summed E-state index contributed by atoms with van der Waals surface area (Å²) in [4.78, 5) is 16.9. The summed E-state index contributed by atoms with van der Waals surface area (Å²) in [7, 11) is 2.19. The first-order valence-electron chi connectivity index (χ1n) is 8.78. The van der Waals surface area contributed by atoms with E-state index in [1.165, 1.54) is 5.56 Å². The molecule has 0 atom stereocenters. The third kappa shape index (κ3) is 4.45. The maximum atomic E-state index is 12.4. The summed E-state index contributed by atoms with van der Waals surface area (Å²) >= 11 is 0. The molecule has 3 nitrogen and oxygen atoms in total. The first kappa shape index (κ1) is 16.7. The molecule has 0 saturated carbocycles. The van der Waals surface area contributed by atoms with Crippen molar-refractivity contribution in [1.29, 1.82) is 0 Å². The Morgan fingerprint density at radius 1 is 0.958 bits per heavy atom. The van der Waals surface area contributed by atoms with Crippen LogP contribution < -0.4 is 0 Å².